The zero-order chi connectivity index (χ0) is 21.8. The van der Waals surface area contributed by atoms with Gasteiger partial charge in [-0.15, -0.1) is 0 Å². The molecule has 0 heterocycles. The van der Waals surface area contributed by atoms with Crippen LogP contribution in [0.4, 0.5) is 13.2 Å². The van der Waals surface area contributed by atoms with Gasteiger partial charge in [-0.2, -0.15) is 13.2 Å². The van der Waals surface area contributed by atoms with E-state index >= 15 is 0 Å². The monoisotopic (exact) mass is 455 g/mol. The molecule has 0 bridgehead atoms. The van der Waals surface area contributed by atoms with Crippen LogP contribution in [0.5, 0.6) is 11.5 Å². The van der Waals surface area contributed by atoms with E-state index in [-0.39, 0.29) is 51.6 Å². The van der Waals surface area contributed by atoms with Crippen molar-refractivity contribution in [1.82, 2.24) is 0 Å². The number of esters is 1. The van der Waals surface area contributed by atoms with E-state index in [1.165, 1.54) is 24.3 Å². The van der Waals surface area contributed by atoms with Crippen LogP contribution < -0.4 is 39.4 Å². The molecule has 0 aliphatic rings. The molecule has 2 rings (SSSR count). The smallest absolute Gasteiger partial charge is 0.540 e. The van der Waals surface area contributed by atoms with Crippen LogP contribution >= 0.6 is 11.6 Å². The molecule has 13 heteroatoms. The Balaban J connectivity index is 0.00000450. The van der Waals surface area contributed by atoms with Crippen molar-refractivity contribution in [1.29, 1.82) is 0 Å². The molecule has 1 atom stereocenters. The molecule has 30 heavy (non-hydrogen) atoms. The second-order valence-corrected chi connectivity index (χ2v) is 5.92. The molecule has 2 aromatic rings. The second-order valence-electron chi connectivity index (χ2n) is 5.52. The third-order valence-electron chi connectivity index (χ3n) is 3.37. The molecule has 154 valence electrons. The van der Waals surface area contributed by atoms with Gasteiger partial charge >= 0.3 is 47.9 Å². The summed E-state index contributed by atoms with van der Waals surface area (Å²) in [7, 11) is 0. The molecule has 0 radical (unpaired) electrons. The molecule has 0 saturated heterocycles. The standard InChI is InChI=1S/C17H11ClF3NO7.Na/c18-12-8-10(17(19,20)21)4-5-13(12)28-11-3-1-2-9(6-11)7-14(23)29-15(16(24)25)22(26)27;/h1-6,8,15H,7H2,(H,24,25);/q;+1/p-1. The molecule has 0 aliphatic carbocycles. The van der Waals surface area contributed by atoms with Gasteiger partial charge in [0.15, 0.2) is 5.97 Å². The normalized spacial score (nSPS) is 11.7. The van der Waals surface area contributed by atoms with E-state index in [4.69, 9.17) is 16.3 Å². The Bertz CT molecular complexity index is 941. The predicted octanol–water partition coefficient (Wildman–Crippen LogP) is -0.406. The van der Waals surface area contributed by atoms with Crippen LogP contribution in [0.15, 0.2) is 42.5 Å². The number of carbonyl (C=O) groups excluding carboxylic acids is 2. The molecule has 0 N–H and O–H groups in total. The maximum Gasteiger partial charge on any atom is 1.00 e. The summed E-state index contributed by atoms with van der Waals surface area (Å²) in [5, 5.41) is 20.8. The summed E-state index contributed by atoms with van der Waals surface area (Å²) in [6.07, 6.45) is -7.75. The summed E-state index contributed by atoms with van der Waals surface area (Å²) in [4.78, 5) is 31.4. The average molecular weight is 456 g/mol. The molecule has 0 saturated carbocycles. The van der Waals surface area contributed by atoms with Gasteiger partial charge in [-0.3, -0.25) is 14.9 Å². The van der Waals surface area contributed by atoms with Gasteiger partial charge in [0.05, 0.1) is 21.9 Å². The summed E-state index contributed by atoms with van der Waals surface area (Å²) >= 11 is 5.80. The Hall–Kier alpha value is -2.34. The maximum atomic E-state index is 12.7. The summed E-state index contributed by atoms with van der Waals surface area (Å²) in [5.41, 5.74) is -0.726. The first-order valence-electron chi connectivity index (χ1n) is 7.64. The van der Waals surface area contributed by atoms with Crippen molar-refractivity contribution in [2.24, 2.45) is 0 Å². The number of ether oxygens (including phenoxy) is 2. The number of carboxylic acids is 1. The van der Waals surface area contributed by atoms with Gasteiger partial charge in [-0.05, 0) is 35.9 Å². The Morgan fingerprint density at radius 1 is 1.17 bits per heavy atom. The number of halogens is 4. The number of nitrogens with zero attached hydrogens (tertiary/aromatic N) is 1. The Labute approximate surface area is 194 Å². The number of alkyl halides is 3. The van der Waals surface area contributed by atoms with Crippen LogP contribution in [-0.4, -0.2) is 23.1 Å². The number of aliphatic carboxylic acids is 1. The first-order valence-corrected chi connectivity index (χ1v) is 8.02. The average Bonchev–Trinajstić information content (AvgIpc) is 2.60. The fraction of sp³-hybridized carbons (Fsp3) is 0.176. The summed E-state index contributed by atoms with van der Waals surface area (Å²) < 4.78 is 47.6. The molecule has 0 amide bonds. The minimum absolute atomic E-state index is 0. The van der Waals surface area contributed by atoms with Gasteiger partial charge in [-0.1, -0.05) is 23.7 Å². The Morgan fingerprint density at radius 3 is 2.37 bits per heavy atom. The third kappa shape index (κ3) is 7.17. The van der Waals surface area contributed by atoms with E-state index in [9.17, 15) is 38.0 Å². The second kappa shape index (κ2) is 10.6. The van der Waals surface area contributed by atoms with Crippen molar-refractivity contribution in [2.45, 2.75) is 18.8 Å². The number of hydrogen-bond acceptors (Lipinski definition) is 7. The molecule has 0 aliphatic heterocycles. The van der Waals surface area contributed by atoms with Gasteiger partial charge in [0, 0.05) is 0 Å². The number of carboxylic acid groups (broad SMARTS) is 1. The molecule has 8 nitrogen and oxygen atoms in total. The van der Waals surface area contributed by atoms with Crippen molar-refractivity contribution in [3.63, 3.8) is 0 Å². The quantitative estimate of drug-likeness (QED) is 0.183. The van der Waals surface area contributed by atoms with Crippen LogP contribution in [0.25, 0.3) is 0 Å². The Kier molecular flexibility index (Phi) is 9.09. The number of benzene rings is 2. The van der Waals surface area contributed by atoms with E-state index < -0.39 is 41.3 Å². The van der Waals surface area contributed by atoms with E-state index in [0.717, 1.165) is 12.1 Å². The van der Waals surface area contributed by atoms with Crippen molar-refractivity contribution in [2.75, 3.05) is 0 Å². The minimum Gasteiger partial charge on any atom is -0.540 e. The molecule has 1 unspecified atom stereocenters. The minimum atomic E-state index is -4.57. The molecular formula is C17H10ClF3NNaO7. The van der Waals surface area contributed by atoms with Crippen LogP contribution in [0.3, 0.4) is 0 Å². The van der Waals surface area contributed by atoms with E-state index in [0.29, 0.717) is 6.07 Å². The summed E-state index contributed by atoms with van der Waals surface area (Å²) in [6.45, 7) is 0. The SMILES string of the molecule is O=C(Cc1cccc(Oc2ccc(C(F)(F)F)cc2Cl)c1)OC(C(=O)[O-])[N+](=O)[O-].[Na+]. The third-order valence-corrected chi connectivity index (χ3v) is 3.67. The number of hydrogen-bond donors (Lipinski definition) is 0. The van der Waals surface area contributed by atoms with Gasteiger partial charge in [0.1, 0.15) is 11.5 Å². The van der Waals surface area contributed by atoms with Crippen molar-refractivity contribution in [3.05, 3.63) is 68.7 Å². The molecule has 2 aromatic carbocycles. The van der Waals surface area contributed by atoms with Crippen LogP contribution in [-0.2, 0) is 26.9 Å². The zero-order valence-electron chi connectivity index (χ0n) is 15.1. The van der Waals surface area contributed by atoms with Crippen molar-refractivity contribution < 1.29 is 71.8 Å². The van der Waals surface area contributed by atoms with E-state index in [2.05, 4.69) is 4.74 Å². The molecule has 0 spiro atoms. The van der Waals surface area contributed by atoms with Gasteiger partial charge in [-0.25, -0.2) is 0 Å². The maximum absolute atomic E-state index is 12.7. The largest absolute Gasteiger partial charge is 1.00 e. The van der Waals surface area contributed by atoms with E-state index in [1.807, 2.05) is 0 Å². The molecule has 0 fully saturated rings. The predicted molar refractivity (Wildman–Crippen MR) is 88.6 cm³/mol. The Morgan fingerprint density at radius 2 is 1.83 bits per heavy atom. The zero-order valence-corrected chi connectivity index (χ0v) is 17.9. The van der Waals surface area contributed by atoms with Gasteiger partial charge in [0.2, 0.25) is 0 Å². The van der Waals surface area contributed by atoms with Crippen LogP contribution in [0, 0.1) is 10.1 Å². The fourth-order valence-electron chi connectivity index (χ4n) is 2.12. The summed E-state index contributed by atoms with van der Waals surface area (Å²) in [6, 6.07) is 8.06. The van der Waals surface area contributed by atoms with Crippen molar-refractivity contribution in [3.8, 4) is 11.5 Å². The number of rotatable bonds is 7. The molecular weight excluding hydrogens is 446 g/mol. The first-order chi connectivity index (χ1) is 13.5. The number of nitro groups is 1. The van der Waals surface area contributed by atoms with Crippen molar-refractivity contribution >= 4 is 23.5 Å². The molecule has 0 aromatic heterocycles. The van der Waals surface area contributed by atoms with Crippen LogP contribution in [0.2, 0.25) is 5.02 Å². The van der Waals surface area contributed by atoms with Gasteiger partial charge in [0.25, 0.3) is 0 Å². The van der Waals surface area contributed by atoms with Crippen LogP contribution in [0.1, 0.15) is 11.1 Å². The summed E-state index contributed by atoms with van der Waals surface area (Å²) in [5.74, 6) is -3.37. The fourth-order valence-corrected chi connectivity index (χ4v) is 2.34. The van der Waals surface area contributed by atoms with Gasteiger partial charge < -0.3 is 19.4 Å². The first kappa shape index (κ1) is 25.7. The topological polar surface area (TPSA) is 119 Å². The van der Waals surface area contributed by atoms with E-state index in [1.54, 1.807) is 0 Å². The number of carbonyl (C=O) groups is 2.